The number of morpholine rings is 1. The summed E-state index contributed by atoms with van der Waals surface area (Å²) in [6.07, 6.45) is 2.37. The van der Waals surface area contributed by atoms with Crippen molar-refractivity contribution < 1.29 is 4.74 Å². The van der Waals surface area contributed by atoms with E-state index in [-0.39, 0.29) is 6.04 Å². The first-order chi connectivity index (χ1) is 9.10. The number of benzene rings is 1. The Morgan fingerprint density at radius 3 is 2.95 bits per heavy atom. The van der Waals surface area contributed by atoms with Crippen LogP contribution in [0.15, 0.2) is 18.2 Å². The molecule has 3 heteroatoms. The van der Waals surface area contributed by atoms with E-state index in [0.29, 0.717) is 6.10 Å². The molecule has 0 spiro atoms. The van der Waals surface area contributed by atoms with Crippen molar-refractivity contribution in [1.82, 2.24) is 0 Å². The summed E-state index contributed by atoms with van der Waals surface area (Å²) in [7, 11) is 0. The summed E-state index contributed by atoms with van der Waals surface area (Å²) in [6, 6.07) is 6.90. The third-order valence-electron chi connectivity index (χ3n) is 3.71. The van der Waals surface area contributed by atoms with Crippen molar-refractivity contribution in [3.63, 3.8) is 0 Å². The molecule has 0 amide bonds. The first-order valence-electron chi connectivity index (χ1n) is 7.31. The van der Waals surface area contributed by atoms with Crippen LogP contribution in [0, 0.1) is 6.92 Å². The monoisotopic (exact) mass is 262 g/mol. The molecule has 1 aromatic rings. The van der Waals surface area contributed by atoms with Crippen molar-refractivity contribution in [3.8, 4) is 0 Å². The average molecular weight is 262 g/mol. The van der Waals surface area contributed by atoms with Gasteiger partial charge in [-0.15, -0.1) is 0 Å². The first kappa shape index (κ1) is 14.4. The van der Waals surface area contributed by atoms with Crippen molar-refractivity contribution in [1.29, 1.82) is 0 Å². The van der Waals surface area contributed by atoms with Crippen LogP contribution < -0.4 is 10.6 Å². The molecule has 1 aliphatic rings. The predicted molar refractivity (Wildman–Crippen MR) is 80.8 cm³/mol. The molecule has 19 heavy (non-hydrogen) atoms. The van der Waals surface area contributed by atoms with Crippen molar-refractivity contribution in [3.05, 3.63) is 29.3 Å². The number of nitrogens with two attached hydrogens (primary N) is 1. The van der Waals surface area contributed by atoms with E-state index in [1.165, 1.54) is 16.8 Å². The Morgan fingerprint density at radius 2 is 2.26 bits per heavy atom. The van der Waals surface area contributed by atoms with Crippen LogP contribution in [0.5, 0.6) is 0 Å². The molecule has 0 aromatic heterocycles. The zero-order valence-electron chi connectivity index (χ0n) is 12.4. The molecule has 3 nitrogen and oxygen atoms in total. The highest BCUT2D eigenvalue weighted by Gasteiger charge is 2.21. The van der Waals surface area contributed by atoms with Crippen molar-refractivity contribution in [2.75, 3.05) is 24.6 Å². The van der Waals surface area contributed by atoms with Crippen LogP contribution in [0.3, 0.4) is 0 Å². The van der Waals surface area contributed by atoms with Gasteiger partial charge < -0.3 is 15.4 Å². The summed E-state index contributed by atoms with van der Waals surface area (Å²) in [5, 5.41) is 0. The molecular formula is C16H26N2O. The highest BCUT2D eigenvalue weighted by molar-refractivity contribution is 5.55. The van der Waals surface area contributed by atoms with Crippen LogP contribution in [0.2, 0.25) is 0 Å². The maximum Gasteiger partial charge on any atom is 0.0748 e. The second-order valence-corrected chi connectivity index (χ2v) is 5.66. The summed E-state index contributed by atoms with van der Waals surface area (Å²) < 4.78 is 5.76. The second kappa shape index (κ2) is 6.40. The molecule has 2 unspecified atom stereocenters. The van der Waals surface area contributed by atoms with Gasteiger partial charge in [0.05, 0.1) is 12.7 Å². The average Bonchev–Trinajstić information content (AvgIpc) is 2.38. The third kappa shape index (κ3) is 3.71. The zero-order chi connectivity index (χ0) is 13.8. The fourth-order valence-electron chi connectivity index (χ4n) is 2.72. The highest BCUT2D eigenvalue weighted by Crippen LogP contribution is 2.25. The van der Waals surface area contributed by atoms with Gasteiger partial charge in [0.25, 0.3) is 0 Å². The van der Waals surface area contributed by atoms with Gasteiger partial charge in [0.2, 0.25) is 0 Å². The minimum absolute atomic E-state index is 0.198. The van der Waals surface area contributed by atoms with Gasteiger partial charge in [0.1, 0.15) is 0 Å². The van der Waals surface area contributed by atoms with Gasteiger partial charge in [0.15, 0.2) is 0 Å². The lowest BCUT2D eigenvalue weighted by Crippen LogP contribution is -2.42. The quantitative estimate of drug-likeness (QED) is 0.906. The van der Waals surface area contributed by atoms with Crippen molar-refractivity contribution in [2.45, 2.75) is 45.8 Å². The van der Waals surface area contributed by atoms with E-state index in [0.717, 1.165) is 32.5 Å². The molecule has 0 radical (unpaired) electrons. The maximum atomic E-state index is 5.98. The Hall–Kier alpha value is -1.06. The van der Waals surface area contributed by atoms with E-state index < -0.39 is 0 Å². The Labute approximate surface area is 116 Å². The summed E-state index contributed by atoms with van der Waals surface area (Å²) >= 11 is 0. The summed E-state index contributed by atoms with van der Waals surface area (Å²) in [4.78, 5) is 2.45. The minimum atomic E-state index is 0.198. The molecule has 0 bridgehead atoms. The highest BCUT2D eigenvalue weighted by atomic mass is 16.5. The van der Waals surface area contributed by atoms with Crippen LogP contribution in [-0.4, -0.2) is 31.8 Å². The van der Waals surface area contributed by atoms with E-state index in [2.05, 4.69) is 43.9 Å². The Balaban J connectivity index is 2.22. The van der Waals surface area contributed by atoms with Crippen LogP contribution in [0.4, 0.5) is 5.69 Å². The molecule has 1 heterocycles. The molecule has 0 saturated carbocycles. The normalized spacial score (nSPS) is 21.5. The van der Waals surface area contributed by atoms with E-state index in [1.807, 2.05) is 0 Å². The standard InChI is InChI=1S/C16H26N2O/c1-4-15-11-18(7-8-19-15)16-6-5-12(2)9-14(16)10-13(3)17/h5-6,9,13,15H,4,7-8,10-11,17H2,1-3H3. The van der Waals surface area contributed by atoms with E-state index in [1.54, 1.807) is 0 Å². The topological polar surface area (TPSA) is 38.5 Å². The lowest BCUT2D eigenvalue weighted by molar-refractivity contribution is 0.0384. The zero-order valence-corrected chi connectivity index (χ0v) is 12.4. The van der Waals surface area contributed by atoms with Crippen LogP contribution >= 0.6 is 0 Å². The summed E-state index contributed by atoms with van der Waals surface area (Å²) in [5.74, 6) is 0. The van der Waals surface area contributed by atoms with Gasteiger partial charge >= 0.3 is 0 Å². The SMILES string of the molecule is CCC1CN(c2ccc(C)cc2CC(C)N)CCO1. The Kier molecular flexibility index (Phi) is 4.83. The number of hydrogen-bond donors (Lipinski definition) is 1. The smallest absolute Gasteiger partial charge is 0.0748 e. The fourth-order valence-corrected chi connectivity index (χ4v) is 2.72. The molecule has 1 saturated heterocycles. The first-order valence-corrected chi connectivity index (χ1v) is 7.31. The van der Waals surface area contributed by atoms with Gasteiger partial charge in [-0.3, -0.25) is 0 Å². The minimum Gasteiger partial charge on any atom is -0.375 e. The lowest BCUT2D eigenvalue weighted by Gasteiger charge is -2.35. The molecule has 2 N–H and O–H groups in total. The van der Waals surface area contributed by atoms with E-state index in [4.69, 9.17) is 10.5 Å². The van der Waals surface area contributed by atoms with E-state index in [9.17, 15) is 0 Å². The van der Waals surface area contributed by atoms with Crippen molar-refractivity contribution in [2.24, 2.45) is 5.73 Å². The van der Waals surface area contributed by atoms with Gasteiger partial charge in [-0.05, 0) is 38.3 Å². The maximum absolute atomic E-state index is 5.98. The lowest BCUT2D eigenvalue weighted by atomic mass is 10.0. The third-order valence-corrected chi connectivity index (χ3v) is 3.71. The summed E-state index contributed by atoms with van der Waals surface area (Å²) in [6.45, 7) is 9.19. The summed E-state index contributed by atoms with van der Waals surface area (Å²) in [5.41, 5.74) is 9.99. The number of anilines is 1. The van der Waals surface area contributed by atoms with Crippen LogP contribution in [0.1, 0.15) is 31.4 Å². The number of ether oxygens (including phenoxy) is 1. The van der Waals surface area contributed by atoms with Crippen LogP contribution in [0.25, 0.3) is 0 Å². The number of hydrogen-bond acceptors (Lipinski definition) is 3. The molecule has 0 aliphatic carbocycles. The second-order valence-electron chi connectivity index (χ2n) is 5.66. The molecular weight excluding hydrogens is 236 g/mol. The van der Waals surface area contributed by atoms with Gasteiger partial charge in [-0.2, -0.15) is 0 Å². The molecule has 106 valence electrons. The Bertz CT molecular complexity index is 417. The largest absolute Gasteiger partial charge is 0.375 e. The fraction of sp³-hybridized carbons (Fsp3) is 0.625. The number of rotatable bonds is 4. The Morgan fingerprint density at radius 1 is 1.47 bits per heavy atom. The van der Waals surface area contributed by atoms with Gasteiger partial charge in [-0.25, -0.2) is 0 Å². The van der Waals surface area contributed by atoms with Gasteiger partial charge in [0, 0.05) is 24.8 Å². The van der Waals surface area contributed by atoms with E-state index >= 15 is 0 Å². The number of aryl methyl sites for hydroxylation is 1. The van der Waals surface area contributed by atoms with Crippen LogP contribution in [-0.2, 0) is 11.2 Å². The van der Waals surface area contributed by atoms with Crippen molar-refractivity contribution >= 4 is 5.69 Å². The molecule has 1 fully saturated rings. The number of nitrogens with zero attached hydrogens (tertiary/aromatic N) is 1. The molecule has 2 atom stereocenters. The molecule has 1 aromatic carbocycles. The molecule has 1 aliphatic heterocycles. The molecule has 2 rings (SSSR count). The van der Waals surface area contributed by atoms with Gasteiger partial charge in [-0.1, -0.05) is 24.6 Å². The predicted octanol–water partition coefficient (Wildman–Crippen LogP) is 2.50.